The molecule has 0 amide bonds. The molecule has 112 valence electrons. The van der Waals surface area contributed by atoms with E-state index in [1.54, 1.807) is 0 Å². The minimum absolute atomic E-state index is 0.380. The minimum atomic E-state index is 0.380. The number of aryl methyl sites for hydroxylation is 1. The summed E-state index contributed by atoms with van der Waals surface area (Å²) in [6.45, 7) is 4.43. The van der Waals surface area contributed by atoms with Crippen molar-refractivity contribution in [1.29, 1.82) is 0 Å². The van der Waals surface area contributed by atoms with Gasteiger partial charge in [0.25, 0.3) is 0 Å². The Balaban J connectivity index is 1.84. The Morgan fingerprint density at radius 1 is 1.14 bits per heavy atom. The molecule has 0 spiro atoms. The Hall–Kier alpha value is -1.54. The maximum Gasteiger partial charge on any atom is 0.0554 e. The number of hydrogen-bond donors (Lipinski definition) is 1. The molecule has 1 aliphatic heterocycles. The summed E-state index contributed by atoms with van der Waals surface area (Å²) >= 11 is 3.62. The Morgan fingerprint density at radius 3 is 2.82 bits per heavy atom. The first-order chi connectivity index (χ1) is 10.6. The molecule has 1 heterocycles. The highest BCUT2D eigenvalue weighted by molar-refractivity contribution is 9.10. The number of anilines is 1. The molecule has 4 rings (SSSR count). The summed E-state index contributed by atoms with van der Waals surface area (Å²) in [7, 11) is 0. The molecular weight excluding hydrogens is 334 g/mol. The summed E-state index contributed by atoms with van der Waals surface area (Å²) in [6, 6.07) is 13.7. The summed E-state index contributed by atoms with van der Waals surface area (Å²) in [5, 5.41) is 3.86. The van der Waals surface area contributed by atoms with Crippen molar-refractivity contribution in [3.63, 3.8) is 0 Å². The lowest BCUT2D eigenvalue weighted by Crippen LogP contribution is -2.29. The van der Waals surface area contributed by atoms with E-state index in [1.807, 2.05) is 0 Å². The molecule has 2 aromatic carbocycles. The predicted octanol–water partition coefficient (Wildman–Crippen LogP) is 5.89. The Kier molecular flexibility index (Phi) is 3.37. The van der Waals surface area contributed by atoms with Gasteiger partial charge in [-0.05, 0) is 60.6 Å². The van der Waals surface area contributed by atoms with E-state index < -0.39 is 0 Å². The summed E-state index contributed by atoms with van der Waals surface area (Å²) in [5.74, 6) is 1.16. The number of fused-ring (bicyclic) bond motifs is 3. The van der Waals surface area contributed by atoms with Crippen LogP contribution in [0.1, 0.15) is 40.6 Å². The monoisotopic (exact) mass is 353 g/mol. The Morgan fingerprint density at radius 2 is 2.00 bits per heavy atom. The average Bonchev–Trinajstić information content (AvgIpc) is 3.00. The van der Waals surface area contributed by atoms with Gasteiger partial charge in [-0.1, -0.05) is 52.3 Å². The first-order valence-electron chi connectivity index (χ1n) is 7.94. The van der Waals surface area contributed by atoms with Crippen molar-refractivity contribution in [3.8, 4) is 0 Å². The maximum atomic E-state index is 3.86. The highest BCUT2D eigenvalue weighted by atomic mass is 79.9. The maximum absolute atomic E-state index is 3.86. The Labute approximate surface area is 140 Å². The highest BCUT2D eigenvalue weighted by Crippen LogP contribution is 2.51. The van der Waals surface area contributed by atoms with Crippen molar-refractivity contribution in [3.05, 3.63) is 75.3 Å². The third-order valence-corrected chi connectivity index (χ3v) is 5.77. The minimum Gasteiger partial charge on any atom is -0.377 e. The van der Waals surface area contributed by atoms with Crippen LogP contribution in [0.2, 0.25) is 0 Å². The molecule has 2 aliphatic rings. The van der Waals surface area contributed by atoms with Crippen LogP contribution in [-0.4, -0.2) is 0 Å². The number of nitrogens with one attached hydrogen (secondary N) is 1. The fraction of sp³-hybridized carbons (Fsp3) is 0.300. The lowest BCUT2D eigenvalue weighted by atomic mass is 9.76. The zero-order chi connectivity index (χ0) is 15.3. The van der Waals surface area contributed by atoms with Crippen LogP contribution in [0.25, 0.3) is 0 Å². The van der Waals surface area contributed by atoms with Gasteiger partial charge in [-0.25, -0.2) is 0 Å². The van der Waals surface area contributed by atoms with Crippen molar-refractivity contribution < 1.29 is 0 Å². The van der Waals surface area contributed by atoms with E-state index >= 15 is 0 Å². The van der Waals surface area contributed by atoms with Crippen LogP contribution in [0.3, 0.4) is 0 Å². The molecule has 0 aromatic heterocycles. The van der Waals surface area contributed by atoms with Gasteiger partial charge < -0.3 is 5.32 Å². The molecule has 2 aromatic rings. The number of halogens is 1. The molecule has 0 radical (unpaired) electrons. The van der Waals surface area contributed by atoms with Crippen LogP contribution in [0.4, 0.5) is 5.69 Å². The second-order valence-corrected chi connectivity index (χ2v) is 7.42. The number of allylic oxidation sites excluding steroid dienone is 2. The number of benzene rings is 2. The molecule has 2 heteroatoms. The zero-order valence-electron chi connectivity index (χ0n) is 12.9. The molecule has 3 atom stereocenters. The average molecular weight is 354 g/mol. The highest BCUT2D eigenvalue weighted by Gasteiger charge is 2.38. The van der Waals surface area contributed by atoms with Crippen molar-refractivity contribution in [2.75, 3.05) is 5.32 Å². The van der Waals surface area contributed by atoms with Crippen molar-refractivity contribution in [2.24, 2.45) is 5.92 Å². The van der Waals surface area contributed by atoms with Crippen molar-refractivity contribution >= 4 is 21.6 Å². The van der Waals surface area contributed by atoms with Gasteiger partial charge in [-0.15, -0.1) is 0 Å². The van der Waals surface area contributed by atoms with Gasteiger partial charge in [0, 0.05) is 16.1 Å². The molecule has 0 saturated heterocycles. The fourth-order valence-corrected chi connectivity index (χ4v) is 4.37. The van der Waals surface area contributed by atoms with Gasteiger partial charge in [0.2, 0.25) is 0 Å². The molecule has 22 heavy (non-hydrogen) atoms. The summed E-state index contributed by atoms with van der Waals surface area (Å²) in [4.78, 5) is 0. The third-order valence-electron chi connectivity index (χ3n) is 5.28. The van der Waals surface area contributed by atoms with E-state index in [-0.39, 0.29) is 0 Å². The molecule has 1 N–H and O–H groups in total. The molecule has 1 aliphatic carbocycles. The van der Waals surface area contributed by atoms with E-state index in [0.717, 1.165) is 10.9 Å². The van der Waals surface area contributed by atoms with Crippen molar-refractivity contribution in [2.45, 2.75) is 32.2 Å². The third kappa shape index (κ3) is 2.13. The second-order valence-electron chi connectivity index (χ2n) is 6.50. The zero-order valence-corrected chi connectivity index (χ0v) is 14.5. The quantitative estimate of drug-likeness (QED) is 0.630. The van der Waals surface area contributed by atoms with Gasteiger partial charge in [0.1, 0.15) is 0 Å². The standard InChI is InChI=1S/C20H20BrN/c1-12-9-10-18-16-7-4-8-17(16)20(22-19(18)13(12)2)14-5-3-6-15(21)11-14/h3-7,9-11,16-17,20,22H,8H2,1-2H3/t16-,17+,20+/m0/s1. The summed E-state index contributed by atoms with van der Waals surface area (Å²) < 4.78 is 1.15. The van der Waals surface area contributed by atoms with Crippen LogP contribution in [0, 0.1) is 19.8 Å². The molecule has 0 bridgehead atoms. The van der Waals surface area contributed by atoms with E-state index in [4.69, 9.17) is 0 Å². The molecule has 1 nitrogen and oxygen atoms in total. The summed E-state index contributed by atoms with van der Waals surface area (Å²) in [6.07, 6.45) is 5.91. The van der Waals surface area contributed by atoms with Crippen LogP contribution in [0.15, 0.2) is 53.0 Å². The number of hydrogen-bond acceptors (Lipinski definition) is 1. The van der Waals surface area contributed by atoms with Gasteiger partial charge in [-0.3, -0.25) is 0 Å². The lowest BCUT2D eigenvalue weighted by Gasteiger charge is -2.38. The van der Waals surface area contributed by atoms with E-state index in [0.29, 0.717) is 17.9 Å². The van der Waals surface area contributed by atoms with Crippen LogP contribution in [-0.2, 0) is 0 Å². The smallest absolute Gasteiger partial charge is 0.0554 e. The normalized spacial score (nSPS) is 25.5. The van der Waals surface area contributed by atoms with Crippen LogP contribution >= 0.6 is 15.9 Å². The lowest BCUT2D eigenvalue weighted by molar-refractivity contribution is 0.425. The van der Waals surface area contributed by atoms with Gasteiger partial charge in [-0.2, -0.15) is 0 Å². The second kappa shape index (κ2) is 5.27. The first kappa shape index (κ1) is 14.1. The largest absolute Gasteiger partial charge is 0.377 e. The molecule has 0 unspecified atom stereocenters. The summed E-state index contributed by atoms with van der Waals surface area (Å²) in [5.41, 5.74) is 6.93. The predicted molar refractivity (Wildman–Crippen MR) is 96.4 cm³/mol. The first-order valence-corrected chi connectivity index (χ1v) is 8.73. The molecule has 0 fully saturated rings. The van der Waals surface area contributed by atoms with Gasteiger partial charge in [0.05, 0.1) is 6.04 Å². The van der Waals surface area contributed by atoms with Crippen LogP contribution < -0.4 is 5.32 Å². The van der Waals surface area contributed by atoms with Crippen molar-refractivity contribution in [1.82, 2.24) is 0 Å². The van der Waals surface area contributed by atoms with E-state index in [9.17, 15) is 0 Å². The van der Waals surface area contributed by atoms with E-state index in [1.165, 1.54) is 27.9 Å². The fourth-order valence-electron chi connectivity index (χ4n) is 3.95. The molecular formula is C20H20BrN. The molecule has 0 saturated carbocycles. The van der Waals surface area contributed by atoms with Crippen LogP contribution in [0.5, 0.6) is 0 Å². The SMILES string of the molecule is Cc1ccc2c(c1C)N[C@H](c1cccc(Br)c1)[C@@H]1CC=C[C@H]21. The van der Waals surface area contributed by atoms with E-state index in [2.05, 4.69) is 83.6 Å². The van der Waals surface area contributed by atoms with Gasteiger partial charge >= 0.3 is 0 Å². The van der Waals surface area contributed by atoms with Gasteiger partial charge in [0.15, 0.2) is 0 Å². The Bertz CT molecular complexity index is 762. The number of rotatable bonds is 1. The topological polar surface area (TPSA) is 12.0 Å².